The average molecular weight is 655 g/mol. The minimum Gasteiger partial charge on any atom is -0.297 e. The molecule has 0 unspecified atom stereocenters. The number of benzene rings is 5. The number of hydrogen-bond donors (Lipinski definition) is 0. The van der Waals surface area contributed by atoms with E-state index < -0.39 is 34.5 Å². The van der Waals surface area contributed by atoms with Crippen molar-refractivity contribution in [2.45, 2.75) is 24.7 Å². The largest absolute Gasteiger partial charge is 0.297 e. The standard InChI is InChI=1S/C41H29Cl2NO3/c1-24-16-20-26(21-17-24)32-33(27-22-18-25(2)19-23-27)41(29-12-7-4-8-13-29)35-34(40(32,39(41)47)28-10-5-3-6-11-28)37(45)44(38(35)46)31-15-9-14-30(42)36(31)43/h3-23,34-35H,1-2H3/t34-,35-,40+,41+/m0/s1. The van der Waals surface area contributed by atoms with Crippen molar-refractivity contribution >= 4 is 57.6 Å². The van der Waals surface area contributed by atoms with Gasteiger partial charge in [-0.05, 0) is 59.4 Å². The second-order valence-electron chi connectivity index (χ2n) is 12.7. The number of anilines is 1. The van der Waals surface area contributed by atoms with Crippen LogP contribution in [0.1, 0.15) is 33.4 Å². The van der Waals surface area contributed by atoms with Gasteiger partial charge >= 0.3 is 0 Å². The highest BCUT2D eigenvalue weighted by Gasteiger charge is 2.82. The Balaban J connectivity index is 1.56. The van der Waals surface area contributed by atoms with Gasteiger partial charge in [0, 0.05) is 0 Å². The average Bonchev–Trinajstić information content (AvgIpc) is 3.60. The Morgan fingerprint density at radius 1 is 0.532 bits per heavy atom. The van der Waals surface area contributed by atoms with E-state index in [0.29, 0.717) is 11.1 Å². The number of carbonyl (C=O) groups excluding carboxylic acids is 3. The number of amides is 2. The van der Waals surface area contributed by atoms with Gasteiger partial charge < -0.3 is 0 Å². The molecule has 230 valence electrons. The maximum atomic E-state index is 16.0. The van der Waals surface area contributed by atoms with Crippen molar-refractivity contribution in [3.63, 3.8) is 0 Å². The van der Waals surface area contributed by atoms with Crippen molar-refractivity contribution in [2.24, 2.45) is 11.8 Å². The van der Waals surface area contributed by atoms with E-state index in [1.54, 1.807) is 18.2 Å². The summed E-state index contributed by atoms with van der Waals surface area (Å²) in [6.07, 6.45) is 0. The normalized spacial score (nSPS) is 24.8. The van der Waals surface area contributed by atoms with Crippen LogP contribution in [0, 0.1) is 25.7 Å². The van der Waals surface area contributed by atoms with Crippen molar-refractivity contribution in [3.05, 3.63) is 171 Å². The number of halogens is 2. The number of imide groups is 1. The van der Waals surface area contributed by atoms with E-state index in [1.165, 1.54) is 4.90 Å². The lowest BCUT2D eigenvalue weighted by Gasteiger charge is -2.39. The molecule has 1 aliphatic heterocycles. The number of nitrogens with zero attached hydrogens (tertiary/aromatic N) is 1. The molecule has 3 aliphatic rings. The highest BCUT2D eigenvalue weighted by Crippen LogP contribution is 2.74. The van der Waals surface area contributed by atoms with Gasteiger partial charge in [0.05, 0.1) is 38.4 Å². The molecule has 2 fully saturated rings. The summed E-state index contributed by atoms with van der Waals surface area (Å²) in [6, 6.07) is 40.1. The number of carbonyl (C=O) groups is 3. The van der Waals surface area contributed by atoms with Gasteiger partial charge in [0.25, 0.3) is 0 Å². The van der Waals surface area contributed by atoms with Gasteiger partial charge in [-0.2, -0.15) is 0 Å². The Labute approximate surface area is 283 Å². The van der Waals surface area contributed by atoms with Gasteiger partial charge in [0.15, 0.2) is 5.78 Å². The Kier molecular flexibility index (Phi) is 6.70. The van der Waals surface area contributed by atoms with Crippen molar-refractivity contribution in [2.75, 3.05) is 4.90 Å². The summed E-state index contributed by atoms with van der Waals surface area (Å²) >= 11 is 13.1. The molecule has 1 saturated heterocycles. The molecule has 5 aromatic rings. The maximum Gasteiger partial charge on any atom is 0.239 e. The van der Waals surface area contributed by atoms with Gasteiger partial charge in [0.2, 0.25) is 11.8 Å². The minimum absolute atomic E-state index is 0.113. The number of rotatable bonds is 5. The smallest absolute Gasteiger partial charge is 0.239 e. The summed E-state index contributed by atoms with van der Waals surface area (Å²) in [5.41, 5.74) is 3.91. The van der Waals surface area contributed by atoms with Crippen molar-refractivity contribution in [1.82, 2.24) is 0 Å². The predicted molar refractivity (Wildman–Crippen MR) is 186 cm³/mol. The molecule has 2 bridgehead atoms. The molecule has 0 spiro atoms. The fourth-order valence-corrected chi connectivity index (χ4v) is 8.85. The van der Waals surface area contributed by atoms with Crippen molar-refractivity contribution in [1.29, 1.82) is 0 Å². The lowest BCUT2D eigenvalue weighted by molar-refractivity contribution is -0.130. The summed E-state index contributed by atoms with van der Waals surface area (Å²) in [5.74, 6) is -3.17. The third-order valence-electron chi connectivity index (χ3n) is 10.3. The van der Waals surface area contributed by atoms with Gasteiger partial charge in [-0.25, -0.2) is 4.90 Å². The summed E-state index contributed by atoms with van der Waals surface area (Å²) in [5, 5.41) is 0.345. The van der Waals surface area contributed by atoms with Crippen LogP contribution in [0.3, 0.4) is 0 Å². The minimum atomic E-state index is -1.48. The number of ketones is 1. The lowest BCUT2D eigenvalue weighted by atomic mass is 9.59. The molecule has 6 heteroatoms. The third-order valence-corrected chi connectivity index (χ3v) is 11.1. The second-order valence-corrected chi connectivity index (χ2v) is 13.5. The van der Waals surface area contributed by atoms with Crippen LogP contribution >= 0.6 is 23.2 Å². The predicted octanol–water partition coefficient (Wildman–Crippen LogP) is 8.80. The SMILES string of the molecule is Cc1ccc(C2=C(c3ccc(C)cc3)[C@@]3(c4ccccc4)C(=O)[C@@]2(c2ccccc2)[C@@H]2C(=O)N(c4cccc(Cl)c4Cl)C(=O)[C@H]23)cc1. The molecular formula is C41H29Cl2NO3. The topological polar surface area (TPSA) is 54.5 Å². The molecule has 2 aliphatic carbocycles. The zero-order chi connectivity index (χ0) is 32.7. The summed E-state index contributed by atoms with van der Waals surface area (Å²) < 4.78 is 0. The van der Waals surface area contributed by atoms with E-state index in [1.807, 2.05) is 123 Å². The monoisotopic (exact) mass is 653 g/mol. The number of fused-ring (bicyclic) bond motifs is 5. The lowest BCUT2D eigenvalue weighted by Crippen LogP contribution is -2.45. The highest BCUT2D eigenvalue weighted by molar-refractivity contribution is 6.46. The van der Waals surface area contributed by atoms with Gasteiger partial charge in [-0.3, -0.25) is 14.4 Å². The van der Waals surface area contributed by atoms with Crippen LogP contribution in [0.5, 0.6) is 0 Å². The molecule has 2 amide bonds. The Morgan fingerprint density at radius 3 is 1.38 bits per heavy atom. The van der Waals surface area contributed by atoms with Crippen LogP contribution in [0.15, 0.2) is 127 Å². The molecule has 0 N–H and O–H groups in total. The zero-order valence-corrected chi connectivity index (χ0v) is 27.2. The molecule has 47 heavy (non-hydrogen) atoms. The van der Waals surface area contributed by atoms with E-state index in [2.05, 4.69) is 0 Å². The zero-order valence-electron chi connectivity index (χ0n) is 25.7. The fraction of sp³-hybridized carbons (Fsp3) is 0.146. The van der Waals surface area contributed by atoms with Crippen molar-refractivity contribution < 1.29 is 14.4 Å². The number of hydrogen-bond acceptors (Lipinski definition) is 3. The Bertz CT molecular complexity index is 2010. The summed E-state index contributed by atoms with van der Waals surface area (Å²) in [4.78, 5) is 47.3. The summed E-state index contributed by atoms with van der Waals surface area (Å²) in [6.45, 7) is 4.04. The molecule has 0 aromatic heterocycles. The van der Waals surface area contributed by atoms with E-state index in [0.717, 1.165) is 33.4 Å². The molecule has 5 aromatic carbocycles. The Morgan fingerprint density at radius 2 is 0.957 bits per heavy atom. The van der Waals surface area contributed by atoms with Crippen LogP contribution in [-0.4, -0.2) is 17.6 Å². The molecule has 4 nitrogen and oxygen atoms in total. The van der Waals surface area contributed by atoms with Crippen LogP contribution < -0.4 is 4.90 Å². The molecule has 8 rings (SSSR count). The van der Waals surface area contributed by atoms with E-state index >= 15 is 14.4 Å². The summed E-state index contributed by atoms with van der Waals surface area (Å²) in [7, 11) is 0. The van der Waals surface area contributed by atoms with Gasteiger partial charge in [0.1, 0.15) is 0 Å². The first-order chi connectivity index (χ1) is 22.7. The van der Waals surface area contributed by atoms with Crippen LogP contribution in [0.2, 0.25) is 10.0 Å². The first-order valence-electron chi connectivity index (χ1n) is 15.6. The molecule has 1 saturated carbocycles. The quantitative estimate of drug-likeness (QED) is 0.178. The molecule has 1 heterocycles. The van der Waals surface area contributed by atoms with Crippen LogP contribution in [0.4, 0.5) is 5.69 Å². The van der Waals surface area contributed by atoms with E-state index in [9.17, 15) is 0 Å². The molecule has 0 radical (unpaired) electrons. The van der Waals surface area contributed by atoms with E-state index in [4.69, 9.17) is 23.2 Å². The van der Waals surface area contributed by atoms with Gasteiger partial charge in [-0.15, -0.1) is 0 Å². The van der Waals surface area contributed by atoms with Gasteiger partial charge in [-0.1, -0.05) is 150 Å². The van der Waals surface area contributed by atoms with E-state index in [-0.39, 0.29) is 21.5 Å². The maximum absolute atomic E-state index is 16.0. The highest BCUT2D eigenvalue weighted by atomic mass is 35.5. The van der Waals surface area contributed by atoms with Crippen LogP contribution in [0.25, 0.3) is 11.1 Å². The molecule has 4 atom stereocenters. The van der Waals surface area contributed by atoms with Crippen molar-refractivity contribution in [3.8, 4) is 0 Å². The first-order valence-corrected chi connectivity index (χ1v) is 16.4. The fourth-order valence-electron chi connectivity index (χ4n) is 8.47. The second kappa shape index (κ2) is 10.6. The number of allylic oxidation sites excluding steroid dienone is 2. The molecular weight excluding hydrogens is 625 g/mol. The van der Waals surface area contributed by atoms with Crippen LogP contribution in [-0.2, 0) is 25.2 Å². The number of aryl methyl sites for hydroxylation is 2. The third kappa shape index (κ3) is 3.80. The Hall–Kier alpha value is -4.77. The number of Topliss-reactive ketones (excluding diaryl/α,β-unsaturated/α-hetero) is 1. The first kappa shape index (κ1) is 29.6.